The van der Waals surface area contributed by atoms with E-state index in [0.717, 1.165) is 13.1 Å². The van der Waals surface area contributed by atoms with Crippen LogP contribution < -0.4 is 0 Å². The first-order chi connectivity index (χ1) is 14.0. The summed E-state index contributed by atoms with van der Waals surface area (Å²) >= 11 is 0. The van der Waals surface area contributed by atoms with E-state index < -0.39 is 23.5 Å². The van der Waals surface area contributed by atoms with Gasteiger partial charge < -0.3 is 14.9 Å². The van der Waals surface area contributed by atoms with E-state index in [9.17, 15) is 19.1 Å². The van der Waals surface area contributed by atoms with Crippen molar-refractivity contribution in [2.75, 3.05) is 26.2 Å². The molecule has 1 amide bonds. The normalized spacial score (nSPS) is 18.6. The first-order valence-corrected chi connectivity index (χ1v) is 9.64. The number of carbonyl (C=O) groups is 2. The van der Waals surface area contributed by atoms with Gasteiger partial charge in [0.15, 0.2) is 0 Å². The van der Waals surface area contributed by atoms with Gasteiger partial charge in [0.25, 0.3) is 11.7 Å². The Hall–Kier alpha value is -3.06. The van der Waals surface area contributed by atoms with Crippen LogP contribution in [0.4, 0.5) is 4.39 Å². The van der Waals surface area contributed by atoms with E-state index in [0.29, 0.717) is 24.2 Å². The van der Waals surface area contributed by atoms with E-state index in [4.69, 9.17) is 0 Å². The van der Waals surface area contributed by atoms with Crippen LogP contribution in [0.5, 0.6) is 0 Å². The fraction of sp³-hybridized carbons (Fsp3) is 0.318. The average molecular weight is 397 g/mol. The van der Waals surface area contributed by atoms with E-state index in [1.165, 1.54) is 41.6 Å². The number of aromatic nitrogens is 1. The standard InChI is InChI=1S/C22H24FN3O3/c1-3-25(4-2)13-14-26-19(15-5-7-17(23)8-6-15)18(21(28)22(26)29)20(27)16-9-11-24-12-10-16/h5-12,19,27H,3-4,13-14H2,1-2H3/t19-/m1/s1. The van der Waals surface area contributed by atoms with Crippen molar-refractivity contribution in [3.63, 3.8) is 0 Å². The summed E-state index contributed by atoms with van der Waals surface area (Å²) in [5, 5.41) is 10.8. The molecule has 7 heteroatoms. The summed E-state index contributed by atoms with van der Waals surface area (Å²) in [7, 11) is 0. The minimum absolute atomic E-state index is 0.00681. The molecule has 1 fully saturated rings. The lowest BCUT2D eigenvalue weighted by Gasteiger charge is -2.28. The molecular formula is C22H24FN3O3. The highest BCUT2D eigenvalue weighted by atomic mass is 19.1. The van der Waals surface area contributed by atoms with Crippen LogP contribution in [-0.4, -0.2) is 57.8 Å². The smallest absolute Gasteiger partial charge is 0.295 e. The van der Waals surface area contributed by atoms with E-state index in [1.807, 2.05) is 13.8 Å². The van der Waals surface area contributed by atoms with Gasteiger partial charge in [-0.2, -0.15) is 0 Å². The summed E-state index contributed by atoms with van der Waals surface area (Å²) in [5.74, 6) is -2.08. The van der Waals surface area contributed by atoms with Gasteiger partial charge >= 0.3 is 0 Å². The molecular weight excluding hydrogens is 373 g/mol. The maximum Gasteiger partial charge on any atom is 0.295 e. The van der Waals surface area contributed by atoms with Crippen molar-refractivity contribution in [1.82, 2.24) is 14.8 Å². The van der Waals surface area contributed by atoms with Crippen molar-refractivity contribution in [2.24, 2.45) is 0 Å². The van der Waals surface area contributed by atoms with Crippen molar-refractivity contribution >= 4 is 17.4 Å². The molecule has 3 rings (SSSR count). The maximum atomic E-state index is 13.5. The van der Waals surface area contributed by atoms with E-state index >= 15 is 0 Å². The predicted molar refractivity (Wildman–Crippen MR) is 107 cm³/mol. The molecule has 2 aromatic rings. The van der Waals surface area contributed by atoms with Crippen LogP contribution in [0.15, 0.2) is 54.4 Å². The molecule has 1 saturated heterocycles. The number of aliphatic hydroxyl groups is 1. The zero-order valence-electron chi connectivity index (χ0n) is 16.5. The lowest BCUT2D eigenvalue weighted by Crippen LogP contribution is -2.38. The molecule has 0 spiro atoms. The summed E-state index contributed by atoms with van der Waals surface area (Å²) in [5.41, 5.74) is 0.974. The summed E-state index contributed by atoms with van der Waals surface area (Å²) in [6, 6.07) is 8.00. The highest BCUT2D eigenvalue weighted by Gasteiger charge is 2.45. The molecule has 0 unspecified atom stereocenters. The average Bonchev–Trinajstić information content (AvgIpc) is 3.00. The van der Waals surface area contributed by atoms with Crippen molar-refractivity contribution in [3.05, 3.63) is 71.3 Å². The van der Waals surface area contributed by atoms with Crippen LogP contribution in [0.1, 0.15) is 31.0 Å². The number of hydrogen-bond acceptors (Lipinski definition) is 5. The van der Waals surface area contributed by atoms with Crippen LogP contribution in [0, 0.1) is 5.82 Å². The molecule has 1 aromatic heterocycles. The number of amides is 1. The van der Waals surface area contributed by atoms with E-state index in [1.54, 1.807) is 12.1 Å². The van der Waals surface area contributed by atoms with E-state index in [-0.39, 0.29) is 11.3 Å². The second kappa shape index (κ2) is 8.96. The number of likely N-dealkylation sites (tertiary alicyclic amines) is 1. The predicted octanol–water partition coefficient (Wildman–Crippen LogP) is 2.98. The Balaban J connectivity index is 2.07. The number of ketones is 1. The van der Waals surface area contributed by atoms with Gasteiger partial charge in [-0.1, -0.05) is 26.0 Å². The summed E-state index contributed by atoms with van der Waals surface area (Å²) < 4.78 is 13.5. The lowest BCUT2D eigenvalue weighted by atomic mass is 9.95. The van der Waals surface area contributed by atoms with Crippen molar-refractivity contribution in [1.29, 1.82) is 0 Å². The number of likely N-dealkylation sites (N-methyl/N-ethyl adjacent to an activating group) is 1. The molecule has 1 aliphatic rings. The summed E-state index contributed by atoms with van der Waals surface area (Å²) in [6.45, 7) is 6.60. The summed E-state index contributed by atoms with van der Waals surface area (Å²) in [4.78, 5) is 33.2. The largest absolute Gasteiger partial charge is 0.507 e. The second-order valence-electron chi connectivity index (χ2n) is 6.81. The van der Waals surface area contributed by atoms with Crippen LogP contribution in [0.3, 0.4) is 0 Å². The van der Waals surface area contributed by atoms with Crippen LogP contribution in [0.25, 0.3) is 5.76 Å². The van der Waals surface area contributed by atoms with Gasteiger partial charge in [-0.3, -0.25) is 14.6 Å². The number of halogens is 1. The monoisotopic (exact) mass is 397 g/mol. The van der Waals surface area contributed by atoms with Gasteiger partial charge in [0.05, 0.1) is 11.6 Å². The lowest BCUT2D eigenvalue weighted by molar-refractivity contribution is -0.140. The third-order valence-electron chi connectivity index (χ3n) is 5.23. The molecule has 1 N–H and O–H groups in total. The van der Waals surface area contributed by atoms with Gasteiger partial charge in [-0.15, -0.1) is 0 Å². The minimum Gasteiger partial charge on any atom is -0.507 e. The van der Waals surface area contributed by atoms with Gasteiger partial charge in [-0.25, -0.2) is 4.39 Å². The van der Waals surface area contributed by atoms with Gasteiger partial charge in [0.1, 0.15) is 11.6 Å². The quantitative estimate of drug-likeness (QED) is 0.442. The Morgan fingerprint density at radius 2 is 1.72 bits per heavy atom. The first kappa shape index (κ1) is 20.7. The Bertz CT molecular complexity index is 909. The molecule has 2 heterocycles. The zero-order valence-corrected chi connectivity index (χ0v) is 16.5. The van der Waals surface area contributed by atoms with Crippen molar-refractivity contribution in [3.8, 4) is 0 Å². The number of hydrogen-bond donors (Lipinski definition) is 1. The Labute approximate surface area is 169 Å². The fourth-order valence-electron chi connectivity index (χ4n) is 3.56. The molecule has 0 aliphatic carbocycles. The molecule has 1 aromatic carbocycles. The number of aliphatic hydroxyl groups excluding tert-OH is 1. The first-order valence-electron chi connectivity index (χ1n) is 9.64. The Kier molecular flexibility index (Phi) is 6.39. The highest BCUT2D eigenvalue weighted by molar-refractivity contribution is 6.46. The molecule has 1 aliphatic heterocycles. The maximum absolute atomic E-state index is 13.5. The number of nitrogens with zero attached hydrogens (tertiary/aromatic N) is 3. The van der Waals surface area contributed by atoms with Crippen LogP contribution in [-0.2, 0) is 9.59 Å². The zero-order chi connectivity index (χ0) is 21.0. The summed E-state index contributed by atoms with van der Waals surface area (Å²) in [6.07, 6.45) is 3.00. The fourth-order valence-corrected chi connectivity index (χ4v) is 3.56. The third-order valence-corrected chi connectivity index (χ3v) is 5.23. The molecule has 0 radical (unpaired) electrons. The number of rotatable bonds is 7. The number of carbonyl (C=O) groups excluding carboxylic acids is 2. The molecule has 0 bridgehead atoms. The van der Waals surface area contributed by atoms with Crippen LogP contribution >= 0.6 is 0 Å². The van der Waals surface area contributed by atoms with Crippen molar-refractivity contribution < 1.29 is 19.1 Å². The molecule has 6 nitrogen and oxygen atoms in total. The molecule has 29 heavy (non-hydrogen) atoms. The van der Waals surface area contributed by atoms with E-state index in [2.05, 4.69) is 9.88 Å². The van der Waals surface area contributed by atoms with Gasteiger partial charge in [0, 0.05) is 31.0 Å². The molecule has 1 atom stereocenters. The SMILES string of the molecule is CCN(CC)CCN1C(=O)C(=O)C(=C(O)c2ccncc2)[C@H]1c1ccc(F)cc1. The highest BCUT2D eigenvalue weighted by Crippen LogP contribution is 2.39. The number of pyridine rings is 1. The Morgan fingerprint density at radius 3 is 2.31 bits per heavy atom. The number of benzene rings is 1. The van der Waals surface area contributed by atoms with Gasteiger partial charge in [0.2, 0.25) is 0 Å². The molecule has 0 saturated carbocycles. The third kappa shape index (κ3) is 4.19. The minimum atomic E-state index is -0.778. The van der Waals surface area contributed by atoms with Gasteiger partial charge in [-0.05, 0) is 42.9 Å². The number of Topliss-reactive ketones (excluding diaryl/α,β-unsaturated/α-hetero) is 1. The Morgan fingerprint density at radius 1 is 1.10 bits per heavy atom. The van der Waals surface area contributed by atoms with Crippen LogP contribution in [0.2, 0.25) is 0 Å². The topological polar surface area (TPSA) is 73.7 Å². The molecule has 152 valence electrons. The van der Waals surface area contributed by atoms with Crippen molar-refractivity contribution in [2.45, 2.75) is 19.9 Å². The second-order valence-corrected chi connectivity index (χ2v) is 6.81.